The van der Waals surface area contributed by atoms with Gasteiger partial charge in [0.25, 0.3) is 0 Å². The summed E-state index contributed by atoms with van der Waals surface area (Å²) < 4.78 is 0. The molecule has 18 heavy (non-hydrogen) atoms. The minimum Gasteiger partial charge on any atom is -0.273 e. The smallest absolute Gasteiger partial charge is 0.243 e. The molecular formula is C15H26N2O. The number of carbonyl (C=O) groups is 1. The van der Waals surface area contributed by atoms with Crippen molar-refractivity contribution in [2.45, 2.75) is 65.7 Å². The van der Waals surface area contributed by atoms with Crippen LogP contribution in [-0.2, 0) is 4.79 Å². The van der Waals surface area contributed by atoms with Gasteiger partial charge in [-0.15, -0.1) is 0 Å². The lowest BCUT2D eigenvalue weighted by molar-refractivity contribution is -0.122. The molecule has 0 unspecified atom stereocenters. The predicted molar refractivity (Wildman–Crippen MR) is 74.3 cm³/mol. The number of carbonyl (C=O) groups excluding carboxylic acids is 1. The standard InChI is InChI=1S/C15H26N2O/c1-4-15(2,3)12-7-9-13(10-8-12)16-17-14(18)11-5-6-11/h11-12H,4-10H2,1-3H3,(H,17,18). The van der Waals surface area contributed by atoms with E-state index in [0.717, 1.165) is 31.6 Å². The fourth-order valence-electron chi connectivity index (χ4n) is 2.70. The maximum Gasteiger partial charge on any atom is 0.243 e. The molecular weight excluding hydrogens is 224 g/mol. The van der Waals surface area contributed by atoms with E-state index in [1.54, 1.807) is 0 Å². The van der Waals surface area contributed by atoms with E-state index in [1.807, 2.05) is 0 Å². The minimum absolute atomic E-state index is 0.124. The highest BCUT2D eigenvalue weighted by atomic mass is 16.2. The van der Waals surface area contributed by atoms with E-state index in [1.165, 1.54) is 25.0 Å². The van der Waals surface area contributed by atoms with Crippen molar-refractivity contribution in [2.75, 3.05) is 0 Å². The molecule has 2 aliphatic carbocycles. The van der Waals surface area contributed by atoms with Crippen LogP contribution in [0.15, 0.2) is 5.10 Å². The number of nitrogens with one attached hydrogen (secondary N) is 1. The van der Waals surface area contributed by atoms with Crippen molar-refractivity contribution in [2.24, 2.45) is 22.4 Å². The van der Waals surface area contributed by atoms with Crippen molar-refractivity contribution in [1.82, 2.24) is 5.43 Å². The van der Waals surface area contributed by atoms with E-state index in [2.05, 4.69) is 31.3 Å². The molecule has 1 amide bonds. The highest BCUT2D eigenvalue weighted by molar-refractivity contribution is 5.87. The summed E-state index contributed by atoms with van der Waals surface area (Å²) in [5.74, 6) is 1.18. The number of hydrogen-bond donors (Lipinski definition) is 1. The first-order chi connectivity index (χ1) is 8.53. The third-order valence-corrected chi connectivity index (χ3v) is 4.85. The van der Waals surface area contributed by atoms with Crippen molar-refractivity contribution in [3.05, 3.63) is 0 Å². The Morgan fingerprint density at radius 2 is 1.89 bits per heavy atom. The van der Waals surface area contributed by atoms with Crippen molar-refractivity contribution in [3.8, 4) is 0 Å². The SMILES string of the molecule is CCC(C)(C)C1CCC(=NNC(=O)C2CC2)CC1. The summed E-state index contributed by atoms with van der Waals surface area (Å²) in [7, 11) is 0. The zero-order valence-corrected chi connectivity index (χ0v) is 12.0. The normalized spacial score (nSPS) is 24.8. The van der Waals surface area contributed by atoms with E-state index >= 15 is 0 Å². The lowest BCUT2D eigenvalue weighted by Gasteiger charge is -2.36. The van der Waals surface area contributed by atoms with Crippen molar-refractivity contribution < 1.29 is 4.79 Å². The number of hydrazone groups is 1. The topological polar surface area (TPSA) is 41.5 Å². The highest BCUT2D eigenvalue weighted by Crippen LogP contribution is 2.39. The van der Waals surface area contributed by atoms with E-state index in [4.69, 9.17) is 0 Å². The second-order valence-electron chi connectivity index (χ2n) is 6.54. The first-order valence-electron chi connectivity index (χ1n) is 7.38. The van der Waals surface area contributed by atoms with Gasteiger partial charge in [-0.3, -0.25) is 4.79 Å². The molecule has 2 fully saturated rings. The summed E-state index contributed by atoms with van der Waals surface area (Å²) in [4.78, 5) is 11.5. The van der Waals surface area contributed by atoms with Gasteiger partial charge in [-0.2, -0.15) is 5.10 Å². The van der Waals surface area contributed by atoms with Gasteiger partial charge >= 0.3 is 0 Å². The summed E-state index contributed by atoms with van der Waals surface area (Å²) in [6, 6.07) is 0. The third kappa shape index (κ3) is 3.33. The molecule has 0 atom stereocenters. The van der Waals surface area contributed by atoms with Gasteiger partial charge in [0.2, 0.25) is 5.91 Å². The first-order valence-corrected chi connectivity index (χ1v) is 7.38. The van der Waals surface area contributed by atoms with Crippen LogP contribution >= 0.6 is 0 Å². The van der Waals surface area contributed by atoms with Crippen LogP contribution in [0.5, 0.6) is 0 Å². The van der Waals surface area contributed by atoms with Crippen LogP contribution in [0.4, 0.5) is 0 Å². The Bertz CT molecular complexity index is 332. The van der Waals surface area contributed by atoms with Gasteiger partial charge in [-0.25, -0.2) is 5.43 Å². The molecule has 0 heterocycles. The van der Waals surface area contributed by atoms with Crippen LogP contribution in [0.2, 0.25) is 0 Å². The van der Waals surface area contributed by atoms with Crippen LogP contribution < -0.4 is 5.43 Å². The van der Waals surface area contributed by atoms with E-state index in [0.29, 0.717) is 5.41 Å². The van der Waals surface area contributed by atoms with Gasteiger partial charge in [0.1, 0.15) is 0 Å². The van der Waals surface area contributed by atoms with Gasteiger partial charge < -0.3 is 0 Å². The molecule has 2 aliphatic rings. The average Bonchev–Trinajstić information content (AvgIpc) is 3.20. The maximum atomic E-state index is 11.5. The molecule has 0 saturated heterocycles. The second-order valence-corrected chi connectivity index (χ2v) is 6.54. The highest BCUT2D eigenvalue weighted by Gasteiger charge is 2.31. The van der Waals surface area contributed by atoms with E-state index < -0.39 is 0 Å². The summed E-state index contributed by atoms with van der Waals surface area (Å²) in [5, 5.41) is 4.30. The second kappa shape index (κ2) is 5.41. The number of nitrogens with zero attached hydrogens (tertiary/aromatic N) is 1. The van der Waals surface area contributed by atoms with Crippen LogP contribution in [-0.4, -0.2) is 11.6 Å². The fourth-order valence-corrected chi connectivity index (χ4v) is 2.70. The molecule has 0 aromatic heterocycles. The lowest BCUT2D eigenvalue weighted by Crippen LogP contribution is -2.29. The Balaban J connectivity index is 1.78. The molecule has 3 nitrogen and oxygen atoms in total. The Labute approximate surface area is 110 Å². The quantitative estimate of drug-likeness (QED) is 0.762. The van der Waals surface area contributed by atoms with Crippen LogP contribution in [0.3, 0.4) is 0 Å². The van der Waals surface area contributed by atoms with Gasteiger partial charge in [-0.05, 0) is 49.9 Å². The van der Waals surface area contributed by atoms with Crippen LogP contribution in [0, 0.1) is 17.3 Å². The zero-order valence-electron chi connectivity index (χ0n) is 12.0. The monoisotopic (exact) mass is 250 g/mol. The molecule has 0 aliphatic heterocycles. The Morgan fingerprint density at radius 3 is 2.39 bits per heavy atom. The number of hydrogen-bond acceptors (Lipinski definition) is 2. The average molecular weight is 250 g/mol. The fraction of sp³-hybridized carbons (Fsp3) is 0.867. The van der Waals surface area contributed by atoms with Crippen LogP contribution in [0.25, 0.3) is 0 Å². The molecule has 1 N–H and O–H groups in total. The van der Waals surface area contributed by atoms with Crippen molar-refractivity contribution >= 4 is 11.6 Å². The number of rotatable bonds is 4. The van der Waals surface area contributed by atoms with Gasteiger partial charge in [0.05, 0.1) is 0 Å². The molecule has 2 saturated carbocycles. The largest absolute Gasteiger partial charge is 0.273 e. The molecule has 3 heteroatoms. The van der Waals surface area contributed by atoms with Crippen LogP contribution in [0.1, 0.15) is 65.7 Å². The molecule has 0 aromatic rings. The van der Waals surface area contributed by atoms with Crippen molar-refractivity contribution in [3.63, 3.8) is 0 Å². The van der Waals surface area contributed by atoms with E-state index in [9.17, 15) is 4.79 Å². The van der Waals surface area contributed by atoms with Gasteiger partial charge in [0.15, 0.2) is 0 Å². The Kier molecular flexibility index (Phi) is 4.08. The Hall–Kier alpha value is -0.860. The first kappa shape index (κ1) is 13.6. The molecule has 0 radical (unpaired) electrons. The third-order valence-electron chi connectivity index (χ3n) is 4.85. The number of amides is 1. The molecule has 0 aromatic carbocycles. The maximum absolute atomic E-state index is 11.5. The predicted octanol–water partition coefficient (Wildman–Crippen LogP) is 3.50. The Morgan fingerprint density at radius 1 is 1.28 bits per heavy atom. The summed E-state index contributed by atoms with van der Waals surface area (Å²) in [5.41, 5.74) is 4.37. The molecule has 102 valence electrons. The lowest BCUT2D eigenvalue weighted by atomic mass is 9.69. The van der Waals surface area contributed by atoms with Crippen molar-refractivity contribution in [1.29, 1.82) is 0 Å². The zero-order chi connectivity index (χ0) is 13.2. The van der Waals surface area contributed by atoms with Gasteiger partial charge in [0, 0.05) is 11.6 Å². The molecule has 0 bridgehead atoms. The van der Waals surface area contributed by atoms with E-state index in [-0.39, 0.29) is 11.8 Å². The summed E-state index contributed by atoms with van der Waals surface area (Å²) >= 11 is 0. The molecule has 0 spiro atoms. The minimum atomic E-state index is 0.124. The van der Waals surface area contributed by atoms with Gasteiger partial charge in [-0.1, -0.05) is 27.2 Å². The summed E-state index contributed by atoms with van der Waals surface area (Å²) in [6.07, 6.45) is 7.88. The molecule has 2 rings (SSSR count). The summed E-state index contributed by atoms with van der Waals surface area (Å²) in [6.45, 7) is 7.02.